The second-order valence-corrected chi connectivity index (χ2v) is 8.97. The molecular formula is C21H29N3O5S. The molecule has 30 heavy (non-hydrogen) atoms. The van der Waals surface area contributed by atoms with Gasteiger partial charge in [-0.3, -0.25) is 9.59 Å². The topological polar surface area (TPSA) is 106 Å². The third kappa shape index (κ3) is 5.93. The van der Waals surface area contributed by atoms with Gasteiger partial charge in [-0.05, 0) is 32.4 Å². The number of pyridine rings is 1. The highest BCUT2D eigenvalue weighted by molar-refractivity contribution is 7.89. The van der Waals surface area contributed by atoms with Crippen molar-refractivity contribution in [3.63, 3.8) is 0 Å². The van der Waals surface area contributed by atoms with Gasteiger partial charge in [-0.15, -0.1) is 0 Å². The Hall–Kier alpha value is -2.65. The average Bonchev–Trinajstić information content (AvgIpc) is 2.69. The van der Waals surface area contributed by atoms with E-state index in [9.17, 15) is 18.0 Å². The maximum atomic E-state index is 12.8. The maximum absolute atomic E-state index is 12.8. The summed E-state index contributed by atoms with van der Waals surface area (Å²) in [7, 11) is -2.16. The fraction of sp³-hybridized carbons (Fsp3) is 0.429. The van der Waals surface area contributed by atoms with Gasteiger partial charge in [0.15, 0.2) is 11.4 Å². The molecule has 2 aromatic rings. The maximum Gasteiger partial charge on any atom is 0.272 e. The monoisotopic (exact) mass is 435 g/mol. The molecule has 164 valence electrons. The van der Waals surface area contributed by atoms with Crippen molar-refractivity contribution in [1.82, 2.24) is 14.6 Å². The summed E-state index contributed by atoms with van der Waals surface area (Å²) in [5.74, 6) is -0.484. The van der Waals surface area contributed by atoms with Crippen molar-refractivity contribution < 1.29 is 17.9 Å². The van der Waals surface area contributed by atoms with Crippen molar-refractivity contribution in [2.75, 3.05) is 6.61 Å². The van der Waals surface area contributed by atoms with Crippen LogP contribution in [0.25, 0.3) is 0 Å². The van der Waals surface area contributed by atoms with Crippen LogP contribution in [0.2, 0.25) is 0 Å². The standard InChI is InChI=1S/C21H29N3O5S/c1-5-6-12-29-20-18(25)13-16(24(4)19(20)21(26)23-15(2)3)14-22-30(27,28)17-10-8-7-9-11-17/h7-11,13,15,22H,5-6,12,14H2,1-4H3,(H,23,26). The van der Waals surface area contributed by atoms with Gasteiger partial charge in [0.2, 0.25) is 15.5 Å². The van der Waals surface area contributed by atoms with E-state index < -0.39 is 21.4 Å². The van der Waals surface area contributed by atoms with Crippen molar-refractivity contribution in [3.05, 3.63) is 58.0 Å². The summed E-state index contributed by atoms with van der Waals surface area (Å²) in [6.07, 6.45) is 1.63. The minimum Gasteiger partial charge on any atom is -0.487 e. The number of hydrogen-bond donors (Lipinski definition) is 2. The number of nitrogens with zero attached hydrogens (tertiary/aromatic N) is 1. The number of nitrogens with one attached hydrogen (secondary N) is 2. The quantitative estimate of drug-likeness (QED) is 0.557. The second kappa shape index (κ2) is 10.4. The first-order valence-electron chi connectivity index (χ1n) is 9.88. The molecule has 1 aromatic heterocycles. The molecule has 8 nitrogen and oxygen atoms in total. The minimum atomic E-state index is -3.77. The van der Waals surface area contributed by atoms with E-state index in [-0.39, 0.29) is 28.9 Å². The van der Waals surface area contributed by atoms with Crippen molar-refractivity contribution in [1.29, 1.82) is 0 Å². The van der Waals surface area contributed by atoms with Crippen LogP contribution in [0.4, 0.5) is 0 Å². The van der Waals surface area contributed by atoms with E-state index in [0.29, 0.717) is 12.3 Å². The smallest absolute Gasteiger partial charge is 0.272 e. The third-order valence-corrected chi connectivity index (χ3v) is 5.80. The van der Waals surface area contributed by atoms with E-state index in [4.69, 9.17) is 4.74 Å². The number of benzene rings is 1. The second-order valence-electron chi connectivity index (χ2n) is 7.20. The highest BCUT2D eigenvalue weighted by atomic mass is 32.2. The van der Waals surface area contributed by atoms with Gasteiger partial charge >= 0.3 is 0 Å². The van der Waals surface area contributed by atoms with Crippen LogP contribution < -0.4 is 20.2 Å². The third-order valence-electron chi connectivity index (χ3n) is 4.38. The fourth-order valence-corrected chi connectivity index (χ4v) is 3.81. The number of ether oxygens (including phenoxy) is 1. The molecule has 2 N–H and O–H groups in total. The normalized spacial score (nSPS) is 11.5. The Morgan fingerprint density at radius 1 is 1.20 bits per heavy atom. The van der Waals surface area contributed by atoms with E-state index >= 15 is 0 Å². The first-order valence-corrected chi connectivity index (χ1v) is 11.4. The van der Waals surface area contributed by atoms with Gasteiger partial charge in [-0.25, -0.2) is 13.1 Å². The van der Waals surface area contributed by atoms with Crippen molar-refractivity contribution >= 4 is 15.9 Å². The first-order chi connectivity index (χ1) is 14.2. The van der Waals surface area contributed by atoms with Crippen LogP contribution in [-0.2, 0) is 23.6 Å². The summed E-state index contributed by atoms with van der Waals surface area (Å²) in [4.78, 5) is 25.6. The van der Waals surface area contributed by atoms with Gasteiger partial charge in [0.1, 0.15) is 0 Å². The molecule has 0 unspecified atom stereocenters. The summed E-state index contributed by atoms with van der Waals surface area (Å²) >= 11 is 0. The van der Waals surface area contributed by atoms with Gasteiger partial charge in [0.25, 0.3) is 5.91 Å². The molecule has 0 aliphatic heterocycles. The number of amides is 1. The molecule has 0 saturated carbocycles. The largest absolute Gasteiger partial charge is 0.487 e. The molecule has 1 amide bonds. The molecule has 0 spiro atoms. The van der Waals surface area contributed by atoms with Crippen LogP contribution in [0, 0.1) is 0 Å². The average molecular weight is 436 g/mol. The fourth-order valence-electron chi connectivity index (χ4n) is 2.79. The number of carbonyl (C=O) groups is 1. The van der Waals surface area contributed by atoms with E-state index in [2.05, 4.69) is 10.0 Å². The number of sulfonamides is 1. The number of aromatic nitrogens is 1. The zero-order chi connectivity index (χ0) is 22.3. The van der Waals surface area contributed by atoms with Crippen LogP contribution in [0.5, 0.6) is 5.75 Å². The van der Waals surface area contributed by atoms with E-state index in [1.54, 1.807) is 25.2 Å². The van der Waals surface area contributed by atoms with Gasteiger partial charge in [0, 0.05) is 24.8 Å². The Bertz CT molecular complexity index is 1030. The Kier molecular flexibility index (Phi) is 8.19. The van der Waals surface area contributed by atoms with Crippen LogP contribution in [0.3, 0.4) is 0 Å². The predicted molar refractivity (Wildman–Crippen MR) is 115 cm³/mol. The van der Waals surface area contributed by atoms with E-state index in [0.717, 1.165) is 12.8 Å². The highest BCUT2D eigenvalue weighted by Gasteiger charge is 2.23. The molecule has 0 fully saturated rings. The lowest BCUT2D eigenvalue weighted by molar-refractivity contribution is 0.0928. The SMILES string of the molecule is CCCCOc1c(C(=O)NC(C)C)n(C)c(CNS(=O)(=O)c2ccccc2)cc1=O. The lowest BCUT2D eigenvalue weighted by Crippen LogP contribution is -2.35. The molecule has 1 aromatic carbocycles. The van der Waals surface area contributed by atoms with Crippen molar-refractivity contribution in [2.24, 2.45) is 7.05 Å². The summed E-state index contributed by atoms with van der Waals surface area (Å²) in [5.41, 5.74) is -0.0514. The molecule has 0 saturated heterocycles. The van der Waals surface area contributed by atoms with Gasteiger partial charge < -0.3 is 14.6 Å². The van der Waals surface area contributed by atoms with Gasteiger partial charge in [0.05, 0.1) is 18.0 Å². The number of rotatable bonds is 10. The zero-order valence-corrected chi connectivity index (χ0v) is 18.6. The number of carbonyl (C=O) groups excluding carboxylic acids is 1. The molecule has 9 heteroatoms. The zero-order valence-electron chi connectivity index (χ0n) is 17.8. The van der Waals surface area contributed by atoms with Crippen LogP contribution in [-0.4, -0.2) is 31.5 Å². The predicted octanol–water partition coefficient (Wildman–Crippen LogP) is 2.18. The summed E-state index contributed by atoms with van der Waals surface area (Å²) < 4.78 is 34.6. The molecule has 0 radical (unpaired) electrons. The van der Waals surface area contributed by atoms with E-state index in [1.165, 1.54) is 22.8 Å². The molecular weight excluding hydrogens is 406 g/mol. The molecule has 0 bridgehead atoms. The summed E-state index contributed by atoms with van der Waals surface area (Å²) in [5, 5.41) is 2.77. The molecule has 2 rings (SSSR count). The Labute approximate surface area is 177 Å². The Balaban J connectivity index is 2.40. The van der Waals surface area contributed by atoms with Crippen molar-refractivity contribution in [3.8, 4) is 5.75 Å². The number of unbranched alkanes of at least 4 members (excludes halogenated alkanes) is 1. The van der Waals surface area contributed by atoms with Crippen LogP contribution >= 0.6 is 0 Å². The Morgan fingerprint density at radius 3 is 2.47 bits per heavy atom. The molecule has 0 atom stereocenters. The molecule has 0 aliphatic carbocycles. The summed E-state index contributed by atoms with van der Waals surface area (Å²) in [6.45, 7) is 5.78. The van der Waals surface area contributed by atoms with Gasteiger partial charge in [-0.1, -0.05) is 31.5 Å². The van der Waals surface area contributed by atoms with Crippen molar-refractivity contribution in [2.45, 2.75) is 51.1 Å². The lowest BCUT2D eigenvalue weighted by Gasteiger charge is -2.19. The van der Waals surface area contributed by atoms with Gasteiger partial charge in [-0.2, -0.15) is 0 Å². The van der Waals surface area contributed by atoms with Crippen LogP contribution in [0.1, 0.15) is 49.8 Å². The highest BCUT2D eigenvalue weighted by Crippen LogP contribution is 2.17. The van der Waals surface area contributed by atoms with E-state index in [1.807, 2.05) is 20.8 Å². The molecule has 0 aliphatic rings. The molecule has 1 heterocycles. The van der Waals surface area contributed by atoms with Crippen LogP contribution in [0.15, 0.2) is 46.1 Å². The minimum absolute atomic E-state index is 0.0289. The Morgan fingerprint density at radius 2 is 1.87 bits per heavy atom. The number of hydrogen-bond acceptors (Lipinski definition) is 5. The lowest BCUT2D eigenvalue weighted by atomic mass is 10.2. The summed E-state index contributed by atoms with van der Waals surface area (Å²) in [6, 6.07) is 9.08. The first kappa shape index (κ1) is 23.6.